The molecule has 0 bridgehead atoms. The van der Waals surface area contributed by atoms with Crippen molar-refractivity contribution in [3.63, 3.8) is 0 Å². The molecule has 2 rings (SSSR count). The summed E-state index contributed by atoms with van der Waals surface area (Å²) in [4.78, 5) is 0. The maximum atomic E-state index is 12.0. The SMILES string of the molecule is Nc1cc(Br)cc(-c2ccc(OC(F)(F)F)cc2)c1. The van der Waals surface area contributed by atoms with E-state index in [1.165, 1.54) is 12.1 Å². The minimum atomic E-state index is -4.68. The van der Waals surface area contributed by atoms with Crippen LogP contribution in [0.25, 0.3) is 11.1 Å². The van der Waals surface area contributed by atoms with Crippen LogP contribution in [-0.4, -0.2) is 6.36 Å². The van der Waals surface area contributed by atoms with E-state index in [2.05, 4.69) is 20.7 Å². The van der Waals surface area contributed by atoms with Crippen LogP contribution < -0.4 is 10.5 Å². The first kappa shape index (κ1) is 13.7. The standard InChI is InChI=1S/C13H9BrF3NO/c14-10-5-9(6-11(18)7-10)8-1-3-12(4-2-8)19-13(15,16)17/h1-7H,18H2. The van der Waals surface area contributed by atoms with Crippen molar-refractivity contribution in [3.05, 3.63) is 46.9 Å². The quantitative estimate of drug-likeness (QED) is 0.816. The summed E-state index contributed by atoms with van der Waals surface area (Å²) in [6, 6.07) is 10.9. The van der Waals surface area contributed by atoms with Gasteiger partial charge in [0.05, 0.1) is 0 Å². The third kappa shape index (κ3) is 3.89. The number of alkyl halides is 3. The topological polar surface area (TPSA) is 35.2 Å². The van der Waals surface area contributed by atoms with Crippen LogP contribution in [0.1, 0.15) is 0 Å². The second kappa shape index (κ2) is 5.13. The normalized spacial score (nSPS) is 11.4. The zero-order valence-electron chi connectivity index (χ0n) is 9.54. The molecule has 2 aromatic rings. The largest absolute Gasteiger partial charge is 0.573 e. The predicted octanol–water partition coefficient (Wildman–Crippen LogP) is 4.60. The van der Waals surface area contributed by atoms with Gasteiger partial charge in [-0.3, -0.25) is 0 Å². The lowest BCUT2D eigenvalue weighted by atomic mass is 10.1. The van der Waals surface area contributed by atoms with E-state index in [-0.39, 0.29) is 5.75 Å². The van der Waals surface area contributed by atoms with Gasteiger partial charge in [-0.25, -0.2) is 0 Å². The van der Waals surface area contributed by atoms with Crippen molar-refractivity contribution in [2.24, 2.45) is 0 Å². The highest BCUT2D eigenvalue weighted by molar-refractivity contribution is 9.10. The van der Waals surface area contributed by atoms with Crippen LogP contribution in [0, 0.1) is 0 Å². The van der Waals surface area contributed by atoms with Crippen LogP contribution in [0.4, 0.5) is 18.9 Å². The van der Waals surface area contributed by atoms with Gasteiger partial charge in [0.25, 0.3) is 0 Å². The third-order valence-corrected chi connectivity index (χ3v) is 2.80. The van der Waals surface area contributed by atoms with Crippen LogP contribution >= 0.6 is 15.9 Å². The molecule has 0 unspecified atom stereocenters. The van der Waals surface area contributed by atoms with Crippen molar-refractivity contribution in [3.8, 4) is 16.9 Å². The first-order valence-corrected chi connectivity index (χ1v) is 6.05. The molecule has 0 aliphatic carbocycles. The highest BCUT2D eigenvalue weighted by atomic mass is 79.9. The van der Waals surface area contributed by atoms with Crippen LogP contribution in [0.2, 0.25) is 0 Å². The molecule has 6 heteroatoms. The van der Waals surface area contributed by atoms with Gasteiger partial charge in [-0.05, 0) is 41.5 Å². The van der Waals surface area contributed by atoms with E-state index in [1.807, 2.05) is 6.07 Å². The van der Waals surface area contributed by atoms with E-state index in [9.17, 15) is 13.2 Å². The van der Waals surface area contributed by atoms with Gasteiger partial charge in [0.1, 0.15) is 5.75 Å². The van der Waals surface area contributed by atoms with Gasteiger partial charge >= 0.3 is 6.36 Å². The summed E-state index contributed by atoms with van der Waals surface area (Å²) in [6.45, 7) is 0. The molecule has 100 valence electrons. The number of halogens is 4. The summed E-state index contributed by atoms with van der Waals surface area (Å²) < 4.78 is 40.7. The number of benzene rings is 2. The summed E-state index contributed by atoms with van der Waals surface area (Å²) in [5, 5.41) is 0. The Morgan fingerprint density at radius 3 is 2.11 bits per heavy atom. The lowest BCUT2D eigenvalue weighted by molar-refractivity contribution is -0.274. The minimum Gasteiger partial charge on any atom is -0.406 e. The molecule has 0 aromatic heterocycles. The van der Waals surface area contributed by atoms with Gasteiger partial charge in [-0.15, -0.1) is 13.2 Å². The zero-order chi connectivity index (χ0) is 14.0. The summed E-state index contributed by atoms with van der Waals surface area (Å²) in [5.41, 5.74) is 7.84. The number of anilines is 1. The Bertz CT molecular complexity index is 561. The summed E-state index contributed by atoms with van der Waals surface area (Å²) >= 11 is 3.31. The molecule has 0 radical (unpaired) electrons. The molecule has 0 saturated carbocycles. The van der Waals surface area contributed by atoms with Gasteiger partial charge in [0, 0.05) is 10.2 Å². The number of nitrogen functional groups attached to an aromatic ring is 1. The minimum absolute atomic E-state index is 0.251. The van der Waals surface area contributed by atoms with Crippen molar-refractivity contribution in [2.45, 2.75) is 6.36 Å². The van der Waals surface area contributed by atoms with Gasteiger partial charge in [-0.2, -0.15) is 0 Å². The lowest BCUT2D eigenvalue weighted by Crippen LogP contribution is -2.16. The second-order valence-electron chi connectivity index (χ2n) is 3.85. The second-order valence-corrected chi connectivity index (χ2v) is 4.76. The highest BCUT2D eigenvalue weighted by Crippen LogP contribution is 2.29. The molecule has 0 aliphatic rings. The monoisotopic (exact) mass is 331 g/mol. The average Bonchev–Trinajstić information content (AvgIpc) is 2.26. The molecule has 0 atom stereocenters. The fourth-order valence-electron chi connectivity index (χ4n) is 1.63. The van der Waals surface area contributed by atoms with E-state index in [0.717, 1.165) is 15.6 Å². The van der Waals surface area contributed by atoms with Gasteiger partial charge in [-0.1, -0.05) is 28.1 Å². The fourth-order valence-corrected chi connectivity index (χ4v) is 2.14. The molecular formula is C13H9BrF3NO. The molecule has 0 spiro atoms. The molecule has 19 heavy (non-hydrogen) atoms. The van der Waals surface area contributed by atoms with E-state index in [4.69, 9.17) is 5.73 Å². The molecule has 0 aliphatic heterocycles. The van der Waals surface area contributed by atoms with Crippen molar-refractivity contribution in [1.29, 1.82) is 0 Å². The van der Waals surface area contributed by atoms with E-state index >= 15 is 0 Å². The molecule has 2 aromatic carbocycles. The highest BCUT2D eigenvalue weighted by Gasteiger charge is 2.30. The molecular weight excluding hydrogens is 323 g/mol. The number of ether oxygens (including phenoxy) is 1. The van der Waals surface area contributed by atoms with Gasteiger partial charge < -0.3 is 10.5 Å². The van der Waals surface area contributed by atoms with Crippen LogP contribution in [0.5, 0.6) is 5.75 Å². The Balaban J connectivity index is 2.27. The molecule has 0 amide bonds. The Morgan fingerprint density at radius 1 is 0.947 bits per heavy atom. The molecule has 0 heterocycles. The molecule has 0 fully saturated rings. The molecule has 2 nitrogen and oxygen atoms in total. The Morgan fingerprint density at radius 2 is 1.58 bits per heavy atom. The van der Waals surface area contributed by atoms with Gasteiger partial charge in [0.2, 0.25) is 0 Å². The summed E-state index contributed by atoms with van der Waals surface area (Å²) in [7, 11) is 0. The third-order valence-electron chi connectivity index (χ3n) is 2.34. The zero-order valence-corrected chi connectivity index (χ0v) is 11.1. The lowest BCUT2D eigenvalue weighted by Gasteiger charge is -2.09. The summed E-state index contributed by atoms with van der Waals surface area (Å²) in [5.74, 6) is -0.251. The van der Waals surface area contributed by atoms with Crippen LogP contribution in [-0.2, 0) is 0 Å². The smallest absolute Gasteiger partial charge is 0.406 e. The number of hydrogen-bond acceptors (Lipinski definition) is 2. The van der Waals surface area contributed by atoms with Crippen molar-refractivity contribution in [2.75, 3.05) is 5.73 Å². The van der Waals surface area contributed by atoms with Crippen LogP contribution in [0.3, 0.4) is 0 Å². The predicted molar refractivity (Wildman–Crippen MR) is 70.7 cm³/mol. The van der Waals surface area contributed by atoms with Gasteiger partial charge in [0.15, 0.2) is 0 Å². The number of rotatable bonds is 2. The van der Waals surface area contributed by atoms with E-state index in [0.29, 0.717) is 5.69 Å². The fraction of sp³-hybridized carbons (Fsp3) is 0.0769. The Labute approximate surface area is 116 Å². The summed E-state index contributed by atoms with van der Waals surface area (Å²) in [6.07, 6.45) is -4.68. The maximum Gasteiger partial charge on any atom is 0.573 e. The first-order valence-electron chi connectivity index (χ1n) is 5.26. The van der Waals surface area contributed by atoms with Crippen molar-refractivity contribution in [1.82, 2.24) is 0 Å². The van der Waals surface area contributed by atoms with Crippen molar-refractivity contribution < 1.29 is 17.9 Å². The first-order chi connectivity index (χ1) is 8.83. The number of nitrogens with two attached hydrogens (primary N) is 1. The maximum absolute atomic E-state index is 12.0. The average molecular weight is 332 g/mol. The number of hydrogen-bond donors (Lipinski definition) is 1. The van der Waals surface area contributed by atoms with E-state index < -0.39 is 6.36 Å². The van der Waals surface area contributed by atoms with Crippen LogP contribution in [0.15, 0.2) is 46.9 Å². The Kier molecular flexibility index (Phi) is 3.71. The molecule has 0 saturated heterocycles. The Hall–Kier alpha value is -1.69. The van der Waals surface area contributed by atoms with E-state index in [1.54, 1.807) is 24.3 Å². The van der Waals surface area contributed by atoms with Crippen molar-refractivity contribution >= 4 is 21.6 Å². The molecule has 2 N–H and O–H groups in total.